The summed E-state index contributed by atoms with van der Waals surface area (Å²) >= 11 is 11.9. The van der Waals surface area contributed by atoms with Crippen molar-refractivity contribution in [3.8, 4) is 0 Å². The van der Waals surface area contributed by atoms with Crippen LogP contribution < -0.4 is 5.73 Å². The molecule has 1 aliphatic carbocycles. The maximum absolute atomic E-state index is 12.2. The van der Waals surface area contributed by atoms with Crippen molar-refractivity contribution in [2.24, 2.45) is 5.92 Å². The second-order valence-corrected chi connectivity index (χ2v) is 5.63. The lowest BCUT2D eigenvalue weighted by molar-refractivity contribution is 0.0791. The van der Waals surface area contributed by atoms with Crippen molar-refractivity contribution in [1.29, 1.82) is 0 Å². The predicted molar refractivity (Wildman–Crippen MR) is 75.2 cm³/mol. The minimum atomic E-state index is -0.0700. The fourth-order valence-electron chi connectivity index (χ4n) is 1.81. The topological polar surface area (TPSA) is 46.3 Å². The minimum Gasteiger partial charge on any atom is -0.396 e. The molecule has 18 heavy (non-hydrogen) atoms. The van der Waals surface area contributed by atoms with Crippen molar-refractivity contribution in [2.75, 3.05) is 19.3 Å². The quantitative estimate of drug-likeness (QED) is 0.862. The highest BCUT2D eigenvalue weighted by atomic mass is 35.5. The molecule has 98 valence electrons. The molecule has 2 rings (SSSR count). The van der Waals surface area contributed by atoms with Gasteiger partial charge in [-0.25, -0.2) is 0 Å². The SMILES string of the molecule is CN(CCC1CC1)C(=O)c1cc(Cl)c(N)c(Cl)c1. The number of rotatable bonds is 4. The van der Waals surface area contributed by atoms with Gasteiger partial charge in [-0.2, -0.15) is 0 Å². The van der Waals surface area contributed by atoms with Gasteiger partial charge in [-0.1, -0.05) is 36.0 Å². The number of carbonyl (C=O) groups excluding carboxylic acids is 1. The molecule has 0 spiro atoms. The Morgan fingerprint density at radius 2 is 1.94 bits per heavy atom. The first-order chi connectivity index (χ1) is 8.49. The van der Waals surface area contributed by atoms with E-state index in [1.54, 1.807) is 24.1 Å². The highest BCUT2D eigenvalue weighted by Gasteiger charge is 2.22. The number of anilines is 1. The predicted octanol–water partition coefficient (Wildman–Crippen LogP) is 3.45. The highest BCUT2D eigenvalue weighted by Crippen LogP contribution is 2.33. The van der Waals surface area contributed by atoms with Gasteiger partial charge >= 0.3 is 0 Å². The van der Waals surface area contributed by atoms with E-state index in [4.69, 9.17) is 28.9 Å². The van der Waals surface area contributed by atoms with Crippen molar-refractivity contribution in [1.82, 2.24) is 4.90 Å². The summed E-state index contributed by atoms with van der Waals surface area (Å²) < 4.78 is 0. The molecule has 1 aliphatic rings. The van der Waals surface area contributed by atoms with Gasteiger partial charge in [-0.3, -0.25) is 4.79 Å². The molecule has 0 aliphatic heterocycles. The number of hydrogen-bond donors (Lipinski definition) is 1. The zero-order valence-electron chi connectivity index (χ0n) is 10.2. The van der Waals surface area contributed by atoms with Crippen LogP contribution in [0.1, 0.15) is 29.6 Å². The second-order valence-electron chi connectivity index (χ2n) is 4.81. The zero-order valence-corrected chi connectivity index (χ0v) is 11.8. The van der Waals surface area contributed by atoms with Crippen LogP contribution in [0.25, 0.3) is 0 Å². The number of benzene rings is 1. The van der Waals surface area contributed by atoms with Gasteiger partial charge in [-0.05, 0) is 24.5 Å². The first-order valence-electron chi connectivity index (χ1n) is 5.99. The number of nitrogen functional groups attached to an aromatic ring is 1. The Kier molecular flexibility index (Phi) is 4.03. The average Bonchev–Trinajstić information content (AvgIpc) is 3.15. The molecule has 0 saturated heterocycles. The molecule has 1 fully saturated rings. The number of nitrogens with zero attached hydrogens (tertiary/aromatic N) is 1. The van der Waals surface area contributed by atoms with E-state index in [1.807, 2.05) is 0 Å². The van der Waals surface area contributed by atoms with Crippen molar-refractivity contribution in [2.45, 2.75) is 19.3 Å². The van der Waals surface area contributed by atoms with E-state index in [0.29, 0.717) is 21.3 Å². The smallest absolute Gasteiger partial charge is 0.253 e. The third-order valence-electron chi connectivity index (χ3n) is 3.24. The number of amides is 1. The van der Waals surface area contributed by atoms with Crippen molar-refractivity contribution >= 4 is 34.8 Å². The number of nitrogens with two attached hydrogens (primary N) is 1. The molecule has 0 bridgehead atoms. The van der Waals surface area contributed by atoms with E-state index in [-0.39, 0.29) is 5.91 Å². The summed E-state index contributed by atoms with van der Waals surface area (Å²) in [4.78, 5) is 13.9. The molecule has 1 saturated carbocycles. The van der Waals surface area contributed by atoms with E-state index in [1.165, 1.54) is 12.8 Å². The van der Waals surface area contributed by atoms with E-state index >= 15 is 0 Å². The van der Waals surface area contributed by atoms with Crippen LogP contribution in [0.15, 0.2) is 12.1 Å². The van der Waals surface area contributed by atoms with Gasteiger partial charge in [0.25, 0.3) is 5.91 Å². The summed E-state index contributed by atoms with van der Waals surface area (Å²) in [5.41, 5.74) is 6.44. The number of hydrogen-bond acceptors (Lipinski definition) is 2. The summed E-state index contributed by atoms with van der Waals surface area (Å²) in [6, 6.07) is 3.14. The van der Waals surface area contributed by atoms with Gasteiger partial charge < -0.3 is 10.6 Å². The molecule has 0 atom stereocenters. The van der Waals surface area contributed by atoms with E-state index in [2.05, 4.69) is 0 Å². The Bertz CT molecular complexity index is 449. The maximum atomic E-state index is 12.2. The van der Waals surface area contributed by atoms with Crippen LogP contribution >= 0.6 is 23.2 Å². The van der Waals surface area contributed by atoms with Crippen LogP contribution in [0, 0.1) is 5.92 Å². The van der Waals surface area contributed by atoms with Crippen molar-refractivity contribution < 1.29 is 4.79 Å². The lowest BCUT2D eigenvalue weighted by atomic mass is 10.1. The molecule has 1 amide bonds. The summed E-state index contributed by atoms with van der Waals surface area (Å²) in [6.07, 6.45) is 3.65. The summed E-state index contributed by atoms with van der Waals surface area (Å²) in [5.74, 6) is 0.735. The Morgan fingerprint density at radius 1 is 1.39 bits per heavy atom. The lowest BCUT2D eigenvalue weighted by Gasteiger charge is -2.17. The van der Waals surface area contributed by atoms with Gasteiger partial charge in [0.1, 0.15) is 0 Å². The van der Waals surface area contributed by atoms with Gasteiger partial charge in [-0.15, -0.1) is 0 Å². The maximum Gasteiger partial charge on any atom is 0.253 e. The molecule has 0 radical (unpaired) electrons. The Morgan fingerprint density at radius 3 is 2.44 bits per heavy atom. The largest absolute Gasteiger partial charge is 0.396 e. The van der Waals surface area contributed by atoms with Crippen LogP contribution in [0.2, 0.25) is 10.0 Å². The fourth-order valence-corrected chi connectivity index (χ4v) is 2.30. The van der Waals surface area contributed by atoms with Gasteiger partial charge in [0.15, 0.2) is 0 Å². The Labute approximate surface area is 117 Å². The van der Waals surface area contributed by atoms with E-state index in [9.17, 15) is 4.79 Å². The second kappa shape index (κ2) is 5.37. The third kappa shape index (κ3) is 3.09. The van der Waals surface area contributed by atoms with Crippen LogP contribution in [0.5, 0.6) is 0 Å². The Balaban J connectivity index is 2.07. The van der Waals surface area contributed by atoms with Gasteiger partial charge in [0, 0.05) is 19.2 Å². The normalized spacial score (nSPS) is 14.6. The summed E-state index contributed by atoms with van der Waals surface area (Å²) in [6.45, 7) is 0.767. The molecule has 0 aromatic heterocycles. The number of carbonyl (C=O) groups is 1. The van der Waals surface area contributed by atoms with Gasteiger partial charge in [0.2, 0.25) is 0 Å². The third-order valence-corrected chi connectivity index (χ3v) is 3.87. The average molecular weight is 287 g/mol. The molecule has 0 unspecified atom stereocenters. The monoisotopic (exact) mass is 286 g/mol. The first-order valence-corrected chi connectivity index (χ1v) is 6.74. The van der Waals surface area contributed by atoms with Crippen LogP contribution in [0.3, 0.4) is 0 Å². The summed E-state index contributed by atoms with van der Waals surface area (Å²) in [5, 5.41) is 0.642. The van der Waals surface area contributed by atoms with Crippen molar-refractivity contribution in [3.63, 3.8) is 0 Å². The molecule has 1 aromatic carbocycles. The van der Waals surface area contributed by atoms with Crippen molar-refractivity contribution in [3.05, 3.63) is 27.7 Å². The van der Waals surface area contributed by atoms with E-state index < -0.39 is 0 Å². The molecule has 0 heterocycles. The molecular weight excluding hydrogens is 271 g/mol. The molecular formula is C13H16Cl2N2O. The molecule has 3 nitrogen and oxygen atoms in total. The molecule has 2 N–H and O–H groups in total. The summed E-state index contributed by atoms with van der Waals surface area (Å²) in [7, 11) is 1.79. The van der Waals surface area contributed by atoms with Crippen LogP contribution in [0.4, 0.5) is 5.69 Å². The van der Waals surface area contributed by atoms with Crippen LogP contribution in [-0.4, -0.2) is 24.4 Å². The highest BCUT2D eigenvalue weighted by molar-refractivity contribution is 6.39. The Hall–Kier alpha value is -0.930. The minimum absolute atomic E-state index is 0.0700. The lowest BCUT2D eigenvalue weighted by Crippen LogP contribution is -2.28. The van der Waals surface area contributed by atoms with E-state index in [0.717, 1.165) is 18.9 Å². The van der Waals surface area contributed by atoms with Crippen LogP contribution in [-0.2, 0) is 0 Å². The standard InChI is InChI=1S/C13H16Cl2N2O/c1-17(5-4-8-2-3-8)13(18)9-6-10(14)12(16)11(15)7-9/h6-8H,2-5,16H2,1H3. The van der Waals surface area contributed by atoms with Gasteiger partial charge in [0.05, 0.1) is 15.7 Å². The number of halogens is 2. The zero-order chi connectivity index (χ0) is 13.3. The fraction of sp³-hybridized carbons (Fsp3) is 0.462. The first kappa shape index (κ1) is 13.5. The molecule has 1 aromatic rings. The molecule has 5 heteroatoms.